The van der Waals surface area contributed by atoms with E-state index in [1.54, 1.807) is 25.3 Å². The standard InChI is InChI=1S/C22H23N3O3/c1-14-20(15-9-10-15)24-25(16-7-5-4-6-8-16)21(14)23-22(26)18-12-11-17(27-2)13-19(18)28-3/h4-8,11-13,15H,9-10H2,1-3H3,(H,23,26). The van der Waals surface area contributed by atoms with Gasteiger partial charge in [-0.1, -0.05) is 18.2 Å². The fraction of sp³-hybridized carbons (Fsp3) is 0.273. The normalized spacial score (nSPS) is 13.2. The minimum Gasteiger partial charge on any atom is -0.497 e. The van der Waals surface area contributed by atoms with Gasteiger partial charge in [0.05, 0.1) is 31.2 Å². The average Bonchev–Trinajstić information content (AvgIpc) is 3.53. The van der Waals surface area contributed by atoms with Crippen LogP contribution in [-0.4, -0.2) is 29.9 Å². The van der Waals surface area contributed by atoms with E-state index in [4.69, 9.17) is 14.6 Å². The zero-order chi connectivity index (χ0) is 19.7. The first kappa shape index (κ1) is 18.1. The number of nitrogens with one attached hydrogen (secondary N) is 1. The molecule has 0 unspecified atom stereocenters. The second-order valence-corrected chi connectivity index (χ2v) is 6.90. The van der Waals surface area contributed by atoms with Gasteiger partial charge < -0.3 is 14.8 Å². The Morgan fingerprint density at radius 1 is 1.11 bits per heavy atom. The lowest BCUT2D eigenvalue weighted by atomic mass is 10.1. The zero-order valence-electron chi connectivity index (χ0n) is 16.2. The lowest BCUT2D eigenvalue weighted by Crippen LogP contribution is -2.16. The minimum absolute atomic E-state index is 0.248. The Morgan fingerprint density at radius 3 is 2.50 bits per heavy atom. The van der Waals surface area contributed by atoms with Crippen LogP contribution in [0.5, 0.6) is 11.5 Å². The molecule has 0 radical (unpaired) electrons. The highest BCUT2D eigenvalue weighted by molar-refractivity contribution is 6.06. The molecule has 0 saturated heterocycles. The van der Waals surface area contributed by atoms with Crippen molar-refractivity contribution in [3.8, 4) is 17.2 Å². The van der Waals surface area contributed by atoms with E-state index in [2.05, 4.69) is 5.32 Å². The smallest absolute Gasteiger partial charge is 0.260 e. The molecule has 6 heteroatoms. The van der Waals surface area contributed by atoms with Gasteiger partial charge in [0.1, 0.15) is 17.3 Å². The maximum atomic E-state index is 13.1. The fourth-order valence-corrected chi connectivity index (χ4v) is 3.32. The van der Waals surface area contributed by atoms with Gasteiger partial charge in [-0.05, 0) is 44.0 Å². The molecule has 1 heterocycles. The molecule has 0 bridgehead atoms. The number of nitrogens with zero attached hydrogens (tertiary/aromatic N) is 2. The van der Waals surface area contributed by atoms with Crippen molar-refractivity contribution in [2.45, 2.75) is 25.7 Å². The van der Waals surface area contributed by atoms with E-state index < -0.39 is 0 Å². The zero-order valence-corrected chi connectivity index (χ0v) is 16.2. The lowest BCUT2D eigenvalue weighted by Gasteiger charge is -2.13. The molecule has 0 atom stereocenters. The van der Waals surface area contributed by atoms with E-state index in [-0.39, 0.29) is 5.91 Å². The van der Waals surface area contributed by atoms with E-state index in [1.165, 1.54) is 7.11 Å². The van der Waals surface area contributed by atoms with E-state index in [9.17, 15) is 4.79 Å². The highest BCUT2D eigenvalue weighted by Crippen LogP contribution is 2.43. The van der Waals surface area contributed by atoms with Crippen molar-refractivity contribution < 1.29 is 14.3 Å². The molecule has 6 nitrogen and oxygen atoms in total. The SMILES string of the molecule is COc1ccc(C(=O)Nc2c(C)c(C3CC3)nn2-c2ccccc2)c(OC)c1. The summed E-state index contributed by atoms with van der Waals surface area (Å²) in [6, 6.07) is 15.0. The second kappa shape index (κ2) is 7.38. The molecule has 4 rings (SSSR count). The van der Waals surface area contributed by atoms with Gasteiger partial charge in [-0.2, -0.15) is 5.10 Å². The number of rotatable bonds is 6. The number of amides is 1. The van der Waals surface area contributed by atoms with Gasteiger partial charge in [-0.3, -0.25) is 4.79 Å². The molecule has 2 aromatic carbocycles. The Hall–Kier alpha value is -3.28. The monoisotopic (exact) mass is 377 g/mol. The molecule has 1 N–H and O–H groups in total. The molecular formula is C22H23N3O3. The number of hydrogen-bond donors (Lipinski definition) is 1. The Kier molecular flexibility index (Phi) is 4.77. The van der Waals surface area contributed by atoms with Gasteiger partial charge in [0.25, 0.3) is 5.91 Å². The van der Waals surface area contributed by atoms with Crippen LogP contribution in [0.4, 0.5) is 5.82 Å². The van der Waals surface area contributed by atoms with Crippen LogP contribution in [0.15, 0.2) is 48.5 Å². The number of carbonyl (C=O) groups is 1. The van der Waals surface area contributed by atoms with Crippen LogP contribution in [-0.2, 0) is 0 Å². The highest BCUT2D eigenvalue weighted by Gasteiger charge is 2.31. The van der Waals surface area contributed by atoms with Crippen molar-refractivity contribution in [2.75, 3.05) is 19.5 Å². The number of para-hydroxylation sites is 1. The van der Waals surface area contributed by atoms with E-state index in [1.807, 2.05) is 41.9 Å². The summed E-state index contributed by atoms with van der Waals surface area (Å²) < 4.78 is 12.4. The summed E-state index contributed by atoms with van der Waals surface area (Å²) in [6.07, 6.45) is 2.29. The first-order chi connectivity index (χ1) is 13.6. The van der Waals surface area contributed by atoms with Crippen molar-refractivity contribution in [1.29, 1.82) is 0 Å². The predicted molar refractivity (Wildman–Crippen MR) is 108 cm³/mol. The van der Waals surface area contributed by atoms with Crippen LogP contribution in [0.3, 0.4) is 0 Å². The summed E-state index contributed by atoms with van der Waals surface area (Å²) in [5, 5.41) is 7.86. The van der Waals surface area contributed by atoms with E-state index >= 15 is 0 Å². The van der Waals surface area contributed by atoms with Crippen LogP contribution >= 0.6 is 0 Å². The number of benzene rings is 2. The first-order valence-electron chi connectivity index (χ1n) is 9.30. The van der Waals surface area contributed by atoms with Crippen molar-refractivity contribution in [2.24, 2.45) is 0 Å². The van der Waals surface area contributed by atoms with Crippen LogP contribution in [0, 0.1) is 6.92 Å². The van der Waals surface area contributed by atoms with Crippen molar-refractivity contribution in [3.63, 3.8) is 0 Å². The van der Waals surface area contributed by atoms with Crippen molar-refractivity contribution in [1.82, 2.24) is 9.78 Å². The molecule has 1 aromatic heterocycles. The minimum atomic E-state index is -0.248. The van der Waals surface area contributed by atoms with E-state index in [0.29, 0.717) is 28.8 Å². The number of hydrogen-bond acceptors (Lipinski definition) is 4. The maximum absolute atomic E-state index is 13.1. The number of ether oxygens (including phenoxy) is 2. The Morgan fingerprint density at radius 2 is 1.86 bits per heavy atom. The average molecular weight is 377 g/mol. The summed E-state index contributed by atoms with van der Waals surface area (Å²) in [5.74, 6) is 2.02. The Balaban J connectivity index is 1.72. The van der Waals surface area contributed by atoms with Gasteiger partial charge >= 0.3 is 0 Å². The highest BCUT2D eigenvalue weighted by atomic mass is 16.5. The summed E-state index contributed by atoms with van der Waals surface area (Å²) in [7, 11) is 3.12. The summed E-state index contributed by atoms with van der Waals surface area (Å²) in [5.41, 5.74) is 3.42. The summed E-state index contributed by atoms with van der Waals surface area (Å²) >= 11 is 0. The number of methoxy groups -OCH3 is 2. The number of aromatic nitrogens is 2. The molecule has 1 amide bonds. The quantitative estimate of drug-likeness (QED) is 0.694. The third-order valence-corrected chi connectivity index (χ3v) is 5.01. The van der Waals surface area contributed by atoms with Crippen molar-refractivity contribution in [3.05, 3.63) is 65.4 Å². The maximum Gasteiger partial charge on any atom is 0.260 e. The van der Waals surface area contributed by atoms with Crippen LogP contribution in [0.1, 0.15) is 40.4 Å². The molecule has 1 aliphatic carbocycles. The molecule has 3 aromatic rings. The summed E-state index contributed by atoms with van der Waals surface area (Å²) in [4.78, 5) is 13.1. The molecule has 28 heavy (non-hydrogen) atoms. The first-order valence-corrected chi connectivity index (χ1v) is 9.30. The fourth-order valence-electron chi connectivity index (χ4n) is 3.32. The summed E-state index contributed by atoms with van der Waals surface area (Å²) in [6.45, 7) is 2.01. The third-order valence-electron chi connectivity index (χ3n) is 5.01. The van der Waals surface area contributed by atoms with Crippen molar-refractivity contribution >= 4 is 11.7 Å². The molecule has 1 fully saturated rings. The van der Waals surface area contributed by atoms with Crippen LogP contribution < -0.4 is 14.8 Å². The molecule has 0 spiro atoms. The van der Waals surface area contributed by atoms with E-state index in [0.717, 1.165) is 29.8 Å². The molecule has 1 saturated carbocycles. The van der Waals surface area contributed by atoms with Gasteiger partial charge in [0, 0.05) is 17.5 Å². The van der Waals surface area contributed by atoms with Crippen LogP contribution in [0.25, 0.3) is 5.69 Å². The predicted octanol–water partition coefficient (Wildman–Crippen LogP) is 4.33. The number of anilines is 1. The van der Waals surface area contributed by atoms with Gasteiger partial charge in [0.2, 0.25) is 0 Å². The molecule has 144 valence electrons. The Bertz CT molecular complexity index is 1010. The second-order valence-electron chi connectivity index (χ2n) is 6.90. The number of carbonyl (C=O) groups excluding carboxylic acids is 1. The third kappa shape index (κ3) is 3.33. The van der Waals surface area contributed by atoms with Gasteiger partial charge in [0.15, 0.2) is 0 Å². The molecular weight excluding hydrogens is 354 g/mol. The largest absolute Gasteiger partial charge is 0.497 e. The lowest BCUT2D eigenvalue weighted by molar-refractivity contribution is 0.102. The molecule has 0 aliphatic heterocycles. The van der Waals surface area contributed by atoms with Gasteiger partial charge in [-0.25, -0.2) is 4.68 Å². The Labute approximate surface area is 164 Å². The van der Waals surface area contributed by atoms with Crippen LogP contribution in [0.2, 0.25) is 0 Å². The van der Waals surface area contributed by atoms with Gasteiger partial charge in [-0.15, -0.1) is 0 Å². The molecule has 1 aliphatic rings. The topological polar surface area (TPSA) is 65.4 Å².